The van der Waals surface area contributed by atoms with Crippen molar-refractivity contribution >= 4 is 56.9 Å². The first kappa shape index (κ1) is 25.0. The fourth-order valence-corrected chi connectivity index (χ4v) is 4.22. The molecule has 1 aliphatic heterocycles. The number of ether oxygens (including phenoxy) is 2. The fourth-order valence-electron chi connectivity index (χ4n) is 3.68. The van der Waals surface area contributed by atoms with Crippen LogP contribution in [0.25, 0.3) is 0 Å². The van der Waals surface area contributed by atoms with Crippen molar-refractivity contribution in [3.8, 4) is 0 Å². The third-order valence-electron chi connectivity index (χ3n) is 5.36. The van der Waals surface area contributed by atoms with Crippen LogP contribution < -0.4 is 10.6 Å². The number of amides is 1. The molecule has 0 radical (unpaired) electrons. The summed E-state index contributed by atoms with van der Waals surface area (Å²) in [5.74, 6) is -1.29. The summed E-state index contributed by atoms with van der Waals surface area (Å²) in [7, 11) is 2.93. The molecule has 2 atom stereocenters. The van der Waals surface area contributed by atoms with Gasteiger partial charge in [0.1, 0.15) is 22.9 Å². The number of aromatic nitrogens is 2. The van der Waals surface area contributed by atoms with Crippen LogP contribution in [0.1, 0.15) is 44.0 Å². The maximum atomic E-state index is 13.0. The van der Waals surface area contributed by atoms with Crippen LogP contribution in [-0.4, -0.2) is 46.1 Å². The summed E-state index contributed by atoms with van der Waals surface area (Å²) in [6.07, 6.45) is 0.111. The van der Waals surface area contributed by atoms with Gasteiger partial charge in [0.15, 0.2) is 0 Å². The Morgan fingerprint density at radius 3 is 2.61 bits per heavy atom. The molecule has 0 spiro atoms. The van der Waals surface area contributed by atoms with Crippen molar-refractivity contribution in [2.75, 3.05) is 17.7 Å². The van der Waals surface area contributed by atoms with E-state index in [1.807, 2.05) is 0 Å². The van der Waals surface area contributed by atoms with Gasteiger partial charge in [0.05, 0.1) is 23.5 Å². The van der Waals surface area contributed by atoms with E-state index in [1.54, 1.807) is 57.5 Å². The molecular formula is C22H26BrClN4O5. The third kappa shape index (κ3) is 4.86. The molecule has 33 heavy (non-hydrogen) atoms. The minimum absolute atomic E-state index is 0.0839. The molecule has 0 bridgehead atoms. The molecule has 11 heteroatoms. The van der Waals surface area contributed by atoms with Crippen LogP contribution in [0.2, 0.25) is 5.02 Å². The van der Waals surface area contributed by atoms with Crippen molar-refractivity contribution in [1.82, 2.24) is 9.55 Å². The van der Waals surface area contributed by atoms with E-state index in [2.05, 4.69) is 31.5 Å². The Kier molecular flexibility index (Phi) is 6.82. The molecular weight excluding hydrogens is 516 g/mol. The smallest absolute Gasteiger partial charge is 0.330 e. The first-order valence-electron chi connectivity index (χ1n) is 10.2. The van der Waals surface area contributed by atoms with Gasteiger partial charge in [-0.1, -0.05) is 17.7 Å². The number of carbonyl (C=O) groups excluding carboxylic acids is 3. The summed E-state index contributed by atoms with van der Waals surface area (Å²) in [6, 6.07) is 4.11. The van der Waals surface area contributed by atoms with Gasteiger partial charge in [-0.15, -0.1) is 0 Å². The van der Waals surface area contributed by atoms with E-state index in [9.17, 15) is 14.4 Å². The van der Waals surface area contributed by atoms with Gasteiger partial charge in [-0.25, -0.2) is 9.78 Å². The maximum absolute atomic E-state index is 13.0. The summed E-state index contributed by atoms with van der Waals surface area (Å²) in [6.45, 7) is 6.85. The van der Waals surface area contributed by atoms with Gasteiger partial charge < -0.3 is 24.7 Å². The SMILES string of the molecule is COC(=O)C1(C)Cc2c(nc(C(=O)Nc3cccc(Br)c3Cl)n2C)NC1C(=O)OC(C)(C)C. The largest absolute Gasteiger partial charge is 0.469 e. The normalized spacial score (nSPS) is 19.8. The molecule has 2 unspecified atom stereocenters. The Bertz CT molecular complexity index is 1130. The van der Waals surface area contributed by atoms with Crippen LogP contribution >= 0.6 is 27.5 Å². The summed E-state index contributed by atoms with van der Waals surface area (Å²) in [5, 5.41) is 6.10. The van der Waals surface area contributed by atoms with Crippen molar-refractivity contribution in [1.29, 1.82) is 0 Å². The number of carbonyl (C=O) groups is 3. The van der Waals surface area contributed by atoms with Gasteiger partial charge in [-0.2, -0.15) is 0 Å². The molecule has 1 aromatic heterocycles. The third-order valence-corrected chi connectivity index (χ3v) is 6.66. The van der Waals surface area contributed by atoms with Gasteiger partial charge in [0.25, 0.3) is 5.91 Å². The number of methoxy groups -OCH3 is 1. The average Bonchev–Trinajstić information content (AvgIpc) is 3.04. The molecule has 0 saturated heterocycles. The van der Waals surface area contributed by atoms with Gasteiger partial charge in [0.2, 0.25) is 5.82 Å². The first-order valence-corrected chi connectivity index (χ1v) is 11.3. The number of anilines is 2. The van der Waals surface area contributed by atoms with Crippen molar-refractivity contribution < 1.29 is 23.9 Å². The molecule has 2 N–H and O–H groups in total. The highest BCUT2D eigenvalue weighted by atomic mass is 79.9. The van der Waals surface area contributed by atoms with E-state index in [-0.39, 0.29) is 12.2 Å². The number of hydrogen-bond donors (Lipinski definition) is 2. The highest BCUT2D eigenvalue weighted by Crippen LogP contribution is 2.39. The molecule has 2 aromatic rings. The Hall–Kier alpha value is -2.59. The van der Waals surface area contributed by atoms with Gasteiger partial charge >= 0.3 is 11.9 Å². The van der Waals surface area contributed by atoms with Crippen molar-refractivity contribution in [2.45, 2.75) is 45.8 Å². The number of benzene rings is 1. The number of nitrogens with zero attached hydrogens (tertiary/aromatic N) is 2. The molecule has 0 fully saturated rings. The quantitative estimate of drug-likeness (QED) is 0.564. The summed E-state index contributed by atoms with van der Waals surface area (Å²) < 4.78 is 12.7. The molecule has 2 heterocycles. The molecule has 9 nitrogen and oxygen atoms in total. The molecule has 178 valence electrons. The topological polar surface area (TPSA) is 112 Å². The van der Waals surface area contributed by atoms with E-state index in [0.29, 0.717) is 26.7 Å². The molecule has 1 aliphatic rings. The molecule has 0 aliphatic carbocycles. The van der Waals surface area contributed by atoms with Crippen molar-refractivity contribution in [2.24, 2.45) is 12.5 Å². The number of esters is 2. The second-order valence-corrected chi connectivity index (χ2v) is 10.3. The number of fused-ring (bicyclic) bond motifs is 1. The lowest BCUT2D eigenvalue weighted by Gasteiger charge is -2.39. The lowest BCUT2D eigenvalue weighted by atomic mass is 9.75. The Labute approximate surface area is 205 Å². The minimum atomic E-state index is -1.28. The Balaban J connectivity index is 1.98. The Morgan fingerprint density at radius 1 is 1.33 bits per heavy atom. The van der Waals surface area contributed by atoms with E-state index in [1.165, 1.54) is 7.11 Å². The summed E-state index contributed by atoms with van der Waals surface area (Å²) >= 11 is 9.58. The zero-order valence-corrected chi connectivity index (χ0v) is 21.6. The number of halogens is 2. The van der Waals surface area contributed by atoms with E-state index in [4.69, 9.17) is 21.1 Å². The first-order chi connectivity index (χ1) is 15.3. The monoisotopic (exact) mass is 540 g/mol. The highest BCUT2D eigenvalue weighted by molar-refractivity contribution is 9.10. The lowest BCUT2D eigenvalue weighted by Crippen LogP contribution is -2.55. The van der Waals surface area contributed by atoms with E-state index < -0.39 is 34.9 Å². The summed E-state index contributed by atoms with van der Waals surface area (Å²) in [4.78, 5) is 43.1. The average molecular weight is 542 g/mol. The van der Waals surface area contributed by atoms with Crippen LogP contribution in [-0.2, 0) is 32.5 Å². The van der Waals surface area contributed by atoms with Crippen LogP contribution in [0.3, 0.4) is 0 Å². The van der Waals surface area contributed by atoms with Crippen LogP contribution in [0.4, 0.5) is 11.5 Å². The van der Waals surface area contributed by atoms with Gasteiger partial charge in [0, 0.05) is 17.9 Å². The number of imidazole rings is 1. The van der Waals surface area contributed by atoms with Crippen LogP contribution in [0.5, 0.6) is 0 Å². The van der Waals surface area contributed by atoms with E-state index in [0.717, 1.165) is 0 Å². The van der Waals surface area contributed by atoms with Crippen LogP contribution in [0.15, 0.2) is 22.7 Å². The lowest BCUT2D eigenvalue weighted by molar-refractivity contribution is -0.167. The van der Waals surface area contributed by atoms with Gasteiger partial charge in [-0.05, 0) is 55.8 Å². The standard InChI is InChI=1S/C22H26BrClN4O5/c1-21(2,3)33-19(30)15-22(4,20(31)32-6)10-13-16(26-15)27-17(28(13)5)18(29)25-12-9-7-8-11(23)14(12)24/h7-9,15,26H,10H2,1-6H3,(H,25,29). The zero-order chi connectivity index (χ0) is 24.7. The molecule has 1 amide bonds. The predicted octanol–water partition coefficient (Wildman–Crippen LogP) is 3.95. The van der Waals surface area contributed by atoms with Crippen molar-refractivity contribution in [3.63, 3.8) is 0 Å². The maximum Gasteiger partial charge on any atom is 0.330 e. The zero-order valence-electron chi connectivity index (χ0n) is 19.2. The van der Waals surface area contributed by atoms with Gasteiger partial charge in [-0.3, -0.25) is 9.59 Å². The van der Waals surface area contributed by atoms with E-state index >= 15 is 0 Å². The predicted molar refractivity (Wildman–Crippen MR) is 127 cm³/mol. The van der Waals surface area contributed by atoms with Crippen LogP contribution in [0, 0.1) is 5.41 Å². The second kappa shape index (κ2) is 8.98. The fraction of sp³-hybridized carbons (Fsp3) is 0.455. The molecule has 1 aromatic carbocycles. The minimum Gasteiger partial charge on any atom is -0.469 e. The number of hydrogen-bond acceptors (Lipinski definition) is 7. The van der Waals surface area contributed by atoms with Crippen molar-refractivity contribution in [3.05, 3.63) is 39.2 Å². The second-order valence-electron chi connectivity index (χ2n) is 9.04. The highest BCUT2D eigenvalue weighted by Gasteiger charge is 2.52. The molecule has 0 saturated carbocycles. The summed E-state index contributed by atoms with van der Waals surface area (Å²) in [5.41, 5.74) is -1.04. The number of nitrogens with one attached hydrogen (secondary N) is 2. The number of rotatable bonds is 4. The molecule has 3 rings (SSSR count). The Morgan fingerprint density at radius 2 is 2.00 bits per heavy atom.